The van der Waals surface area contributed by atoms with Gasteiger partial charge in [0.25, 0.3) is 5.97 Å². The summed E-state index contributed by atoms with van der Waals surface area (Å²) in [6.07, 6.45) is 4.22. The first-order chi connectivity index (χ1) is 9.99. The zero-order valence-electron chi connectivity index (χ0n) is 12.2. The smallest absolute Gasteiger partial charge is 0.300 e. The van der Waals surface area contributed by atoms with E-state index in [0.717, 1.165) is 38.3 Å². The van der Waals surface area contributed by atoms with Crippen molar-refractivity contribution in [2.75, 3.05) is 0 Å². The van der Waals surface area contributed by atoms with Gasteiger partial charge in [-0.05, 0) is 37.2 Å². The van der Waals surface area contributed by atoms with Gasteiger partial charge in [0.2, 0.25) is 5.96 Å². The van der Waals surface area contributed by atoms with E-state index in [1.165, 1.54) is 5.56 Å². The number of aliphatic carboxylic acids is 1. The molecule has 0 atom stereocenters. The highest BCUT2D eigenvalue weighted by Crippen LogP contribution is 2.31. The Hall–Kier alpha value is -2.37. The summed E-state index contributed by atoms with van der Waals surface area (Å²) in [7, 11) is 0. The SMILES string of the molecule is CC(=O)O.NC(N)=NN=C1CCC(c2ccccc2)CC1. The van der Waals surface area contributed by atoms with E-state index in [9.17, 15) is 0 Å². The van der Waals surface area contributed by atoms with Crippen molar-refractivity contribution in [2.24, 2.45) is 21.7 Å². The molecule has 1 aromatic carbocycles. The molecule has 6 nitrogen and oxygen atoms in total. The molecule has 0 heterocycles. The van der Waals surface area contributed by atoms with Crippen molar-refractivity contribution in [1.82, 2.24) is 0 Å². The van der Waals surface area contributed by atoms with Gasteiger partial charge >= 0.3 is 0 Å². The molecule has 1 aliphatic carbocycles. The highest BCUT2D eigenvalue weighted by atomic mass is 16.4. The lowest BCUT2D eigenvalue weighted by molar-refractivity contribution is -0.134. The quantitative estimate of drug-likeness (QED) is 0.439. The largest absolute Gasteiger partial charge is 0.481 e. The molecule has 0 bridgehead atoms. The fourth-order valence-corrected chi connectivity index (χ4v) is 2.24. The normalized spacial score (nSPS) is 17.2. The second-order valence-corrected chi connectivity index (χ2v) is 4.90. The van der Waals surface area contributed by atoms with Crippen molar-refractivity contribution < 1.29 is 9.90 Å². The van der Waals surface area contributed by atoms with Gasteiger partial charge in [-0.3, -0.25) is 4.79 Å². The van der Waals surface area contributed by atoms with Crippen LogP contribution < -0.4 is 11.5 Å². The first-order valence-corrected chi connectivity index (χ1v) is 6.88. The Bertz CT molecular complexity index is 494. The van der Waals surface area contributed by atoms with Crippen molar-refractivity contribution in [3.63, 3.8) is 0 Å². The highest BCUT2D eigenvalue weighted by molar-refractivity contribution is 5.86. The molecule has 0 unspecified atom stereocenters. The average Bonchev–Trinajstić information content (AvgIpc) is 2.46. The Morgan fingerprint density at radius 1 is 1.19 bits per heavy atom. The molecule has 21 heavy (non-hydrogen) atoms. The van der Waals surface area contributed by atoms with E-state index < -0.39 is 5.97 Å². The number of hydrogen-bond acceptors (Lipinski definition) is 3. The van der Waals surface area contributed by atoms with Crippen molar-refractivity contribution in [3.8, 4) is 0 Å². The van der Waals surface area contributed by atoms with Crippen LogP contribution in [0.4, 0.5) is 0 Å². The molecular weight excluding hydrogens is 268 g/mol. The summed E-state index contributed by atoms with van der Waals surface area (Å²) in [6, 6.07) is 10.6. The molecule has 6 heteroatoms. The predicted octanol–water partition coefficient (Wildman–Crippen LogP) is 2.06. The first-order valence-electron chi connectivity index (χ1n) is 6.88. The summed E-state index contributed by atoms with van der Waals surface area (Å²) in [5.41, 5.74) is 13.0. The third-order valence-electron chi connectivity index (χ3n) is 3.14. The fraction of sp³-hybridized carbons (Fsp3) is 0.400. The van der Waals surface area contributed by atoms with Crippen LogP contribution in [0, 0.1) is 0 Å². The number of hydrogen-bond donors (Lipinski definition) is 3. The van der Waals surface area contributed by atoms with Crippen LogP contribution >= 0.6 is 0 Å². The Kier molecular flexibility index (Phi) is 6.94. The number of benzene rings is 1. The van der Waals surface area contributed by atoms with Gasteiger partial charge in [-0.2, -0.15) is 5.10 Å². The Morgan fingerprint density at radius 3 is 2.19 bits per heavy atom. The van der Waals surface area contributed by atoms with Gasteiger partial charge in [0, 0.05) is 12.6 Å². The van der Waals surface area contributed by atoms with Gasteiger partial charge < -0.3 is 16.6 Å². The minimum atomic E-state index is -0.833. The number of nitrogens with two attached hydrogens (primary N) is 2. The molecular formula is C15H22N4O2. The van der Waals surface area contributed by atoms with Gasteiger partial charge in [-0.15, -0.1) is 5.10 Å². The van der Waals surface area contributed by atoms with E-state index in [0.29, 0.717) is 5.92 Å². The van der Waals surface area contributed by atoms with E-state index >= 15 is 0 Å². The van der Waals surface area contributed by atoms with Crippen LogP contribution in [-0.4, -0.2) is 22.7 Å². The lowest BCUT2D eigenvalue weighted by atomic mass is 9.83. The van der Waals surface area contributed by atoms with Gasteiger partial charge in [-0.1, -0.05) is 30.3 Å². The van der Waals surface area contributed by atoms with Gasteiger partial charge in [0.1, 0.15) is 0 Å². The maximum Gasteiger partial charge on any atom is 0.300 e. The number of rotatable bonds is 2. The Labute approximate surface area is 124 Å². The molecule has 1 fully saturated rings. The molecule has 1 aromatic rings. The molecule has 0 saturated heterocycles. The van der Waals surface area contributed by atoms with E-state index in [2.05, 4.69) is 40.5 Å². The predicted molar refractivity (Wildman–Crippen MR) is 84.2 cm³/mol. The summed E-state index contributed by atoms with van der Waals surface area (Å²) in [4.78, 5) is 9.00. The number of carboxylic acids is 1. The molecule has 0 radical (unpaired) electrons. The zero-order chi connectivity index (χ0) is 15.7. The van der Waals surface area contributed by atoms with Crippen LogP contribution in [0.2, 0.25) is 0 Å². The van der Waals surface area contributed by atoms with E-state index in [4.69, 9.17) is 21.4 Å². The molecule has 5 N–H and O–H groups in total. The first kappa shape index (κ1) is 16.7. The highest BCUT2D eigenvalue weighted by Gasteiger charge is 2.18. The van der Waals surface area contributed by atoms with Gasteiger partial charge in [0.05, 0.1) is 0 Å². The van der Waals surface area contributed by atoms with Crippen molar-refractivity contribution >= 4 is 17.6 Å². The molecule has 1 saturated carbocycles. The summed E-state index contributed by atoms with van der Waals surface area (Å²) in [5.74, 6) is -0.156. The monoisotopic (exact) mass is 290 g/mol. The summed E-state index contributed by atoms with van der Waals surface area (Å²) in [5, 5.41) is 15.2. The molecule has 0 amide bonds. The van der Waals surface area contributed by atoms with Crippen LogP contribution in [0.5, 0.6) is 0 Å². The van der Waals surface area contributed by atoms with Crippen LogP contribution in [0.25, 0.3) is 0 Å². The lowest BCUT2D eigenvalue weighted by Crippen LogP contribution is -2.22. The minimum Gasteiger partial charge on any atom is -0.481 e. The van der Waals surface area contributed by atoms with Crippen LogP contribution in [0.1, 0.15) is 44.1 Å². The maximum absolute atomic E-state index is 9.00. The fourth-order valence-electron chi connectivity index (χ4n) is 2.24. The number of guanidine groups is 1. The van der Waals surface area contributed by atoms with E-state index in [1.54, 1.807) is 0 Å². The molecule has 1 aliphatic rings. The third-order valence-corrected chi connectivity index (χ3v) is 3.14. The average molecular weight is 290 g/mol. The second kappa shape index (κ2) is 8.73. The zero-order valence-corrected chi connectivity index (χ0v) is 12.2. The van der Waals surface area contributed by atoms with Crippen LogP contribution in [-0.2, 0) is 4.79 Å². The summed E-state index contributed by atoms with van der Waals surface area (Å²) in [6.45, 7) is 1.08. The van der Waals surface area contributed by atoms with Crippen LogP contribution in [0.15, 0.2) is 40.5 Å². The van der Waals surface area contributed by atoms with Crippen molar-refractivity contribution in [1.29, 1.82) is 0 Å². The lowest BCUT2D eigenvalue weighted by Gasteiger charge is -2.22. The van der Waals surface area contributed by atoms with Crippen molar-refractivity contribution in [3.05, 3.63) is 35.9 Å². The standard InChI is InChI=1S/C13H18N4.C2H4O2/c14-13(15)17-16-12-8-6-11(7-9-12)10-4-2-1-3-5-10;1-2(3)4/h1-5,11H,6-9H2,(H4,14,15,17);1H3,(H,3,4). The number of nitrogens with zero attached hydrogens (tertiary/aromatic N) is 2. The number of carbonyl (C=O) groups is 1. The molecule has 114 valence electrons. The Morgan fingerprint density at radius 2 is 1.71 bits per heavy atom. The molecule has 0 aliphatic heterocycles. The Balaban J connectivity index is 0.000000491. The van der Waals surface area contributed by atoms with Gasteiger partial charge in [-0.25, -0.2) is 0 Å². The maximum atomic E-state index is 9.00. The molecule has 2 rings (SSSR count). The number of carboxylic acid groups (broad SMARTS) is 1. The van der Waals surface area contributed by atoms with E-state index in [1.807, 2.05) is 0 Å². The second-order valence-electron chi connectivity index (χ2n) is 4.90. The van der Waals surface area contributed by atoms with Crippen molar-refractivity contribution in [2.45, 2.75) is 38.5 Å². The topological polar surface area (TPSA) is 114 Å². The minimum absolute atomic E-state index is 0.0303. The summed E-state index contributed by atoms with van der Waals surface area (Å²) < 4.78 is 0. The van der Waals surface area contributed by atoms with Crippen LogP contribution in [0.3, 0.4) is 0 Å². The van der Waals surface area contributed by atoms with E-state index in [-0.39, 0.29) is 5.96 Å². The third kappa shape index (κ3) is 7.10. The summed E-state index contributed by atoms with van der Waals surface area (Å²) >= 11 is 0. The molecule has 0 aromatic heterocycles. The molecule has 0 spiro atoms. The van der Waals surface area contributed by atoms with Gasteiger partial charge in [0.15, 0.2) is 0 Å².